The Morgan fingerprint density at radius 2 is 1.93 bits per heavy atom. The van der Waals surface area contributed by atoms with E-state index in [1.807, 2.05) is 30.3 Å². The molecule has 2 aromatic rings. The molecule has 0 saturated carbocycles. The highest BCUT2D eigenvalue weighted by atomic mass is 16.5. The molecule has 2 aromatic carbocycles. The van der Waals surface area contributed by atoms with Gasteiger partial charge >= 0.3 is 5.97 Å². The maximum Gasteiger partial charge on any atom is 0.335 e. The first-order valence-electron chi connectivity index (χ1n) is 9.08. The molecule has 1 heterocycles. The number of hydrogen-bond acceptors (Lipinski definition) is 4. The number of nitrogens with one attached hydrogen (secondary N) is 1. The molecule has 1 aliphatic rings. The summed E-state index contributed by atoms with van der Waals surface area (Å²) in [5.74, 6) is -0.530. The third-order valence-corrected chi connectivity index (χ3v) is 4.49. The van der Waals surface area contributed by atoms with Crippen LogP contribution in [0.25, 0.3) is 0 Å². The van der Waals surface area contributed by atoms with Crippen LogP contribution in [0.2, 0.25) is 0 Å². The second-order valence-corrected chi connectivity index (χ2v) is 6.65. The van der Waals surface area contributed by atoms with E-state index in [0.29, 0.717) is 25.3 Å². The normalized spacial score (nSPS) is 16.1. The average molecular weight is 382 g/mol. The summed E-state index contributed by atoms with van der Waals surface area (Å²) < 4.78 is 5.61. The second kappa shape index (κ2) is 9.03. The largest absolute Gasteiger partial charge is 0.492 e. The van der Waals surface area contributed by atoms with Crippen molar-refractivity contribution in [2.75, 3.05) is 19.7 Å². The van der Waals surface area contributed by atoms with Gasteiger partial charge in [0.05, 0.1) is 24.6 Å². The maximum absolute atomic E-state index is 12.2. The zero-order chi connectivity index (χ0) is 19.9. The predicted molar refractivity (Wildman–Crippen MR) is 102 cm³/mol. The van der Waals surface area contributed by atoms with Gasteiger partial charge in [0.2, 0.25) is 11.8 Å². The van der Waals surface area contributed by atoms with E-state index in [1.54, 1.807) is 17.0 Å². The lowest BCUT2D eigenvalue weighted by atomic mass is 10.1. The van der Waals surface area contributed by atoms with Crippen LogP contribution in [0.3, 0.4) is 0 Å². The number of nitrogens with zero attached hydrogens (tertiary/aromatic N) is 1. The van der Waals surface area contributed by atoms with Crippen molar-refractivity contribution >= 4 is 17.8 Å². The molecule has 2 amide bonds. The van der Waals surface area contributed by atoms with E-state index in [4.69, 9.17) is 9.84 Å². The second-order valence-electron chi connectivity index (χ2n) is 6.65. The van der Waals surface area contributed by atoms with Gasteiger partial charge in [0.25, 0.3) is 0 Å². The molecule has 28 heavy (non-hydrogen) atoms. The van der Waals surface area contributed by atoms with Gasteiger partial charge in [-0.3, -0.25) is 9.59 Å². The molecule has 7 nitrogen and oxygen atoms in total. The first kappa shape index (κ1) is 19.4. The first-order chi connectivity index (χ1) is 13.5. The molecule has 0 radical (unpaired) electrons. The average Bonchev–Trinajstić information content (AvgIpc) is 3.01. The molecule has 0 spiro atoms. The fourth-order valence-electron chi connectivity index (χ4n) is 3.15. The van der Waals surface area contributed by atoms with Crippen molar-refractivity contribution in [1.82, 2.24) is 10.2 Å². The number of ether oxygens (including phenoxy) is 1. The molecule has 1 atom stereocenters. The smallest absolute Gasteiger partial charge is 0.335 e. The molecule has 0 aliphatic carbocycles. The molecule has 1 unspecified atom stereocenters. The number of carboxylic acid groups (broad SMARTS) is 1. The van der Waals surface area contributed by atoms with Crippen LogP contribution in [0, 0.1) is 0 Å². The van der Waals surface area contributed by atoms with E-state index in [1.165, 1.54) is 12.1 Å². The van der Waals surface area contributed by atoms with E-state index in [9.17, 15) is 14.4 Å². The Morgan fingerprint density at radius 3 is 2.68 bits per heavy atom. The van der Waals surface area contributed by atoms with Crippen LogP contribution in [0.5, 0.6) is 5.75 Å². The summed E-state index contributed by atoms with van der Waals surface area (Å²) in [6.45, 7) is 1.29. The van der Waals surface area contributed by atoms with Crippen LogP contribution in [0.1, 0.15) is 22.3 Å². The van der Waals surface area contributed by atoms with Crippen LogP contribution < -0.4 is 10.1 Å². The number of aromatic carboxylic acids is 1. The number of carboxylic acids is 1. The van der Waals surface area contributed by atoms with Crippen LogP contribution >= 0.6 is 0 Å². The number of hydrogen-bond donors (Lipinski definition) is 2. The lowest BCUT2D eigenvalue weighted by molar-refractivity contribution is -0.128. The van der Waals surface area contributed by atoms with Gasteiger partial charge < -0.3 is 20.1 Å². The van der Waals surface area contributed by atoms with Gasteiger partial charge in [-0.2, -0.15) is 0 Å². The predicted octanol–water partition coefficient (Wildman–Crippen LogP) is 1.72. The summed E-state index contributed by atoms with van der Waals surface area (Å²) in [6.07, 6.45) is 0.329. The monoisotopic (exact) mass is 382 g/mol. The molecule has 1 fully saturated rings. The molecule has 0 bridgehead atoms. The van der Waals surface area contributed by atoms with E-state index in [-0.39, 0.29) is 36.3 Å². The van der Waals surface area contributed by atoms with Crippen LogP contribution in [0.15, 0.2) is 54.6 Å². The molecular formula is C21H22N2O5. The number of benzene rings is 2. The molecule has 2 N–H and O–H groups in total. The molecule has 7 heteroatoms. The number of likely N-dealkylation sites (tertiary alicyclic amines) is 1. The molecule has 1 aliphatic heterocycles. The van der Waals surface area contributed by atoms with Crippen LogP contribution in [0.4, 0.5) is 0 Å². The third kappa shape index (κ3) is 5.33. The number of rotatable bonds is 8. The van der Waals surface area contributed by atoms with Gasteiger partial charge in [0.1, 0.15) is 12.4 Å². The highest BCUT2D eigenvalue weighted by Gasteiger charge is 2.30. The maximum atomic E-state index is 12.2. The molecule has 1 saturated heterocycles. The standard InChI is InChI=1S/C21H22N2O5/c24-19(12-15-5-4-6-16(11-15)21(26)27)22-17-13-20(25)23(14-17)9-10-28-18-7-2-1-3-8-18/h1-8,11,17H,9-10,12-14H2,(H,22,24)(H,26,27). The summed E-state index contributed by atoms with van der Waals surface area (Å²) in [7, 11) is 0. The van der Waals surface area contributed by atoms with Gasteiger partial charge in [-0.05, 0) is 29.8 Å². The van der Waals surface area contributed by atoms with E-state index in [0.717, 1.165) is 5.75 Å². The Hall–Kier alpha value is -3.35. The minimum Gasteiger partial charge on any atom is -0.492 e. The fraction of sp³-hybridized carbons (Fsp3) is 0.286. The van der Waals surface area contributed by atoms with E-state index < -0.39 is 5.97 Å². The zero-order valence-corrected chi connectivity index (χ0v) is 15.3. The van der Waals surface area contributed by atoms with Crippen molar-refractivity contribution in [3.05, 3.63) is 65.7 Å². The van der Waals surface area contributed by atoms with Crippen molar-refractivity contribution < 1.29 is 24.2 Å². The molecule has 146 valence electrons. The van der Waals surface area contributed by atoms with Gasteiger partial charge in [-0.15, -0.1) is 0 Å². The van der Waals surface area contributed by atoms with Gasteiger partial charge in [-0.1, -0.05) is 30.3 Å². The Morgan fingerprint density at radius 1 is 1.14 bits per heavy atom. The Labute approximate surface area is 162 Å². The van der Waals surface area contributed by atoms with Crippen molar-refractivity contribution in [2.24, 2.45) is 0 Å². The van der Waals surface area contributed by atoms with E-state index >= 15 is 0 Å². The van der Waals surface area contributed by atoms with Gasteiger partial charge in [-0.25, -0.2) is 4.79 Å². The first-order valence-corrected chi connectivity index (χ1v) is 9.08. The van der Waals surface area contributed by atoms with Crippen molar-refractivity contribution in [3.63, 3.8) is 0 Å². The number of para-hydroxylation sites is 1. The third-order valence-electron chi connectivity index (χ3n) is 4.49. The summed E-state index contributed by atoms with van der Waals surface area (Å²) >= 11 is 0. The summed E-state index contributed by atoms with van der Waals surface area (Å²) in [6, 6.07) is 15.4. The number of carbonyl (C=O) groups excluding carboxylic acids is 2. The summed E-state index contributed by atoms with van der Waals surface area (Å²) in [5, 5.41) is 11.9. The van der Waals surface area contributed by atoms with Crippen molar-refractivity contribution in [1.29, 1.82) is 0 Å². The highest BCUT2D eigenvalue weighted by Crippen LogP contribution is 2.13. The highest BCUT2D eigenvalue weighted by molar-refractivity contribution is 5.88. The lowest BCUT2D eigenvalue weighted by Crippen LogP contribution is -2.38. The minimum atomic E-state index is -1.03. The molecule has 3 rings (SSSR count). The SMILES string of the molecule is O=C(Cc1cccc(C(=O)O)c1)NC1CC(=O)N(CCOc2ccccc2)C1. The molecular weight excluding hydrogens is 360 g/mol. The Kier molecular flexibility index (Phi) is 6.26. The van der Waals surface area contributed by atoms with Gasteiger partial charge in [0.15, 0.2) is 0 Å². The molecule has 0 aromatic heterocycles. The van der Waals surface area contributed by atoms with E-state index in [2.05, 4.69) is 5.32 Å². The zero-order valence-electron chi connectivity index (χ0n) is 15.3. The topological polar surface area (TPSA) is 95.9 Å². The van der Waals surface area contributed by atoms with Crippen molar-refractivity contribution in [3.8, 4) is 5.75 Å². The summed E-state index contributed by atoms with van der Waals surface area (Å²) in [5.41, 5.74) is 0.765. The van der Waals surface area contributed by atoms with Crippen LogP contribution in [-0.4, -0.2) is 53.5 Å². The summed E-state index contributed by atoms with van der Waals surface area (Å²) in [4.78, 5) is 37.1. The Bertz CT molecular complexity index is 853. The lowest BCUT2D eigenvalue weighted by Gasteiger charge is -2.17. The minimum absolute atomic E-state index is 0.0187. The van der Waals surface area contributed by atoms with Crippen LogP contribution in [-0.2, 0) is 16.0 Å². The Balaban J connectivity index is 1.45. The van der Waals surface area contributed by atoms with Crippen molar-refractivity contribution in [2.45, 2.75) is 18.9 Å². The fourth-order valence-corrected chi connectivity index (χ4v) is 3.15. The number of carbonyl (C=O) groups is 3. The van der Waals surface area contributed by atoms with Gasteiger partial charge in [0, 0.05) is 13.0 Å². The quantitative estimate of drug-likeness (QED) is 0.725. The number of amides is 2.